The minimum atomic E-state index is -0.611. The van der Waals surface area contributed by atoms with Crippen LogP contribution in [0.3, 0.4) is 0 Å². The lowest BCUT2D eigenvalue weighted by Crippen LogP contribution is -2.14. The molecule has 3 aromatic rings. The molecule has 0 bridgehead atoms. The van der Waals surface area contributed by atoms with E-state index in [-0.39, 0.29) is 24.4 Å². The van der Waals surface area contributed by atoms with Gasteiger partial charge in [-0.3, -0.25) is 14.4 Å². The van der Waals surface area contributed by atoms with E-state index in [4.69, 9.17) is 20.8 Å². The molecule has 0 aliphatic rings. The summed E-state index contributed by atoms with van der Waals surface area (Å²) in [5.74, 6) is -1.09. The van der Waals surface area contributed by atoms with Crippen molar-refractivity contribution in [3.05, 3.63) is 57.4 Å². The van der Waals surface area contributed by atoms with Crippen molar-refractivity contribution in [3.63, 3.8) is 0 Å². The maximum atomic E-state index is 12.0. The second-order valence-corrected chi connectivity index (χ2v) is 6.97. The van der Waals surface area contributed by atoms with Crippen molar-refractivity contribution in [1.82, 2.24) is 0 Å². The van der Waals surface area contributed by atoms with Crippen molar-refractivity contribution >= 4 is 51.4 Å². The average Bonchev–Trinajstić information content (AvgIpc) is 3.23. The molecular formula is C18H13ClO5S. The summed E-state index contributed by atoms with van der Waals surface area (Å²) >= 11 is 6.93. The number of esters is 1. The lowest BCUT2D eigenvalue weighted by molar-refractivity contribution is -0.142. The number of thiophene rings is 1. The van der Waals surface area contributed by atoms with Crippen molar-refractivity contribution < 1.29 is 23.5 Å². The second kappa shape index (κ2) is 7.63. The topological polar surface area (TPSA) is 73.6 Å². The van der Waals surface area contributed by atoms with Gasteiger partial charge in [0.05, 0.1) is 15.6 Å². The summed E-state index contributed by atoms with van der Waals surface area (Å²) in [5, 5.41) is 0.803. The third-order valence-corrected chi connectivity index (χ3v) is 4.74. The maximum absolute atomic E-state index is 12.0. The first-order chi connectivity index (χ1) is 12.0. The van der Waals surface area contributed by atoms with Gasteiger partial charge in [-0.15, -0.1) is 11.3 Å². The summed E-state index contributed by atoms with van der Waals surface area (Å²) in [6, 6.07) is 12.1. The summed E-state index contributed by atoms with van der Waals surface area (Å²) in [7, 11) is 0. The average molecular weight is 377 g/mol. The number of halogens is 1. The fraction of sp³-hybridized carbons (Fsp3) is 0.167. The van der Waals surface area contributed by atoms with Crippen molar-refractivity contribution in [1.29, 1.82) is 0 Å². The number of benzene rings is 1. The SMILES string of the molecule is O=C(CCC(=O)c1ccc(Cl)s1)OCC(=O)c1cc2ccccc2o1. The van der Waals surface area contributed by atoms with Gasteiger partial charge in [-0.2, -0.15) is 0 Å². The number of carbonyl (C=O) groups excluding carboxylic acids is 3. The van der Waals surface area contributed by atoms with Gasteiger partial charge in [0.15, 0.2) is 18.2 Å². The fourth-order valence-electron chi connectivity index (χ4n) is 2.21. The van der Waals surface area contributed by atoms with Crippen LogP contribution in [0.5, 0.6) is 0 Å². The minimum Gasteiger partial charge on any atom is -0.457 e. The Morgan fingerprint density at radius 1 is 1.04 bits per heavy atom. The first kappa shape index (κ1) is 17.4. The molecule has 5 nitrogen and oxygen atoms in total. The number of hydrogen-bond acceptors (Lipinski definition) is 6. The lowest BCUT2D eigenvalue weighted by atomic mass is 10.2. The molecule has 7 heteroatoms. The molecule has 0 spiro atoms. The number of fused-ring (bicyclic) bond motifs is 1. The Labute approximate surface area is 152 Å². The molecule has 0 atom stereocenters. The molecule has 0 saturated carbocycles. The van der Waals surface area contributed by atoms with Gasteiger partial charge in [0.2, 0.25) is 5.78 Å². The Morgan fingerprint density at radius 3 is 2.56 bits per heavy atom. The highest BCUT2D eigenvalue weighted by Crippen LogP contribution is 2.23. The lowest BCUT2D eigenvalue weighted by Gasteiger charge is -2.02. The molecule has 0 unspecified atom stereocenters. The van der Waals surface area contributed by atoms with Gasteiger partial charge in [-0.1, -0.05) is 29.8 Å². The molecule has 0 aliphatic carbocycles. The molecule has 1 aromatic carbocycles. The zero-order valence-corrected chi connectivity index (χ0v) is 14.6. The van der Waals surface area contributed by atoms with E-state index in [2.05, 4.69) is 0 Å². The molecular weight excluding hydrogens is 364 g/mol. The van der Waals surface area contributed by atoms with E-state index in [1.165, 1.54) is 0 Å². The number of para-hydroxylation sites is 1. The van der Waals surface area contributed by atoms with E-state index in [1.807, 2.05) is 12.1 Å². The van der Waals surface area contributed by atoms with Crippen LogP contribution in [0.2, 0.25) is 4.34 Å². The number of ether oxygens (including phenoxy) is 1. The highest BCUT2D eigenvalue weighted by atomic mass is 35.5. The summed E-state index contributed by atoms with van der Waals surface area (Å²) in [4.78, 5) is 36.1. The standard InChI is InChI=1S/C18H13ClO5S/c19-17-7-6-16(25-17)12(20)5-8-18(22)23-10-13(21)15-9-11-3-1-2-4-14(11)24-15/h1-4,6-7,9H,5,8,10H2. The van der Waals surface area contributed by atoms with Crippen LogP contribution in [0.1, 0.15) is 33.1 Å². The van der Waals surface area contributed by atoms with E-state index in [0.29, 0.717) is 14.8 Å². The van der Waals surface area contributed by atoms with Crippen molar-refractivity contribution in [2.24, 2.45) is 0 Å². The van der Waals surface area contributed by atoms with E-state index in [9.17, 15) is 14.4 Å². The highest BCUT2D eigenvalue weighted by molar-refractivity contribution is 7.18. The first-order valence-electron chi connectivity index (χ1n) is 7.49. The Morgan fingerprint density at radius 2 is 1.84 bits per heavy atom. The van der Waals surface area contributed by atoms with Crippen LogP contribution in [-0.2, 0) is 9.53 Å². The predicted octanol–water partition coefficient (Wildman–Crippen LogP) is 4.54. The molecule has 0 radical (unpaired) electrons. The largest absolute Gasteiger partial charge is 0.457 e. The molecule has 0 saturated heterocycles. The fourth-order valence-corrected chi connectivity index (χ4v) is 3.22. The summed E-state index contributed by atoms with van der Waals surface area (Å²) < 4.78 is 10.9. The van der Waals surface area contributed by atoms with Gasteiger partial charge < -0.3 is 9.15 Å². The van der Waals surface area contributed by atoms with Crippen molar-refractivity contribution in [2.75, 3.05) is 6.61 Å². The van der Waals surface area contributed by atoms with Gasteiger partial charge >= 0.3 is 5.97 Å². The third kappa shape index (κ3) is 4.35. The monoisotopic (exact) mass is 376 g/mol. The maximum Gasteiger partial charge on any atom is 0.306 e. The molecule has 2 heterocycles. The molecule has 3 rings (SSSR count). The van der Waals surface area contributed by atoms with E-state index in [0.717, 1.165) is 16.7 Å². The van der Waals surface area contributed by atoms with Gasteiger partial charge in [-0.25, -0.2) is 0 Å². The Balaban J connectivity index is 1.48. The molecule has 2 aromatic heterocycles. The van der Waals surface area contributed by atoms with Gasteiger partial charge in [0, 0.05) is 11.8 Å². The molecule has 128 valence electrons. The third-order valence-electron chi connectivity index (χ3n) is 3.47. The molecule has 0 N–H and O–H groups in total. The van der Waals surface area contributed by atoms with E-state index >= 15 is 0 Å². The molecule has 25 heavy (non-hydrogen) atoms. The number of carbonyl (C=O) groups is 3. The quantitative estimate of drug-likeness (QED) is 0.447. The minimum absolute atomic E-state index is 0.00844. The summed E-state index contributed by atoms with van der Waals surface area (Å²) in [6.45, 7) is -0.419. The first-order valence-corrected chi connectivity index (χ1v) is 8.68. The Hall–Kier alpha value is -2.44. The second-order valence-electron chi connectivity index (χ2n) is 5.26. The van der Waals surface area contributed by atoms with Crippen LogP contribution < -0.4 is 0 Å². The van der Waals surface area contributed by atoms with Crippen LogP contribution in [-0.4, -0.2) is 24.1 Å². The van der Waals surface area contributed by atoms with Crippen molar-refractivity contribution in [2.45, 2.75) is 12.8 Å². The number of furan rings is 1. The van der Waals surface area contributed by atoms with E-state index < -0.39 is 18.4 Å². The number of hydrogen-bond donors (Lipinski definition) is 0. The Kier molecular flexibility index (Phi) is 5.31. The molecule has 0 amide bonds. The highest BCUT2D eigenvalue weighted by Gasteiger charge is 2.16. The van der Waals surface area contributed by atoms with Crippen LogP contribution in [0.4, 0.5) is 0 Å². The zero-order chi connectivity index (χ0) is 17.8. The van der Waals surface area contributed by atoms with Gasteiger partial charge in [0.1, 0.15) is 5.58 Å². The van der Waals surface area contributed by atoms with Crippen molar-refractivity contribution in [3.8, 4) is 0 Å². The van der Waals surface area contributed by atoms with Gasteiger partial charge in [0.25, 0.3) is 0 Å². The number of rotatable bonds is 7. The predicted molar refractivity (Wildman–Crippen MR) is 94.4 cm³/mol. The van der Waals surface area contributed by atoms with E-state index in [1.54, 1.807) is 30.3 Å². The number of Topliss-reactive ketones (excluding diaryl/α,β-unsaturated/α-hetero) is 2. The van der Waals surface area contributed by atoms with Crippen LogP contribution >= 0.6 is 22.9 Å². The van der Waals surface area contributed by atoms with Gasteiger partial charge in [-0.05, 0) is 24.3 Å². The zero-order valence-electron chi connectivity index (χ0n) is 13.0. The summed E-state index contributed by atoms with van der Waals surface area (Å²) in [6.07, 6.45) is -0.0870. The Bertz CT molecular complexity index is 907. The normalized spacial score (nSPS) is 10.8. The number of ketones is 2. The van der Waals surface area contributed by atoms with Crippen LogP contribution in [0, 0.1) is 0 Å². The van der Waals surface area contributed by atoms with Crippen LogP contribution in [0.25, 0.3) is 11.0 Å². The summed E-state index contributed by atoms with van der Waals surface area (Å²) in [5.41, 5.74) is 0.595. The molecule has 0 fully saturated rings. The smallest absolute Gasteiger partial charge is 0.306 e. The van der Waals surface area contributed by atoms with Crippen LogP contribution in [0.15, 0.2) is 46.9 Å². The molecule has 0 aliphatic heterocycles.